The van der Waals surface area contributed by atoms with Gasteiger partial charge in [0, 0.05) is 18.6 Å². The summed E-state index contributed by atoms with van der Waals surface area (Å²) in [6.07, 6.45) is 6.17. The fraction of sp³-hybridized carbons (Fsp3) is 0.933. The summed E-state index contributed by atoms with van der Waals surface area (Å²) in [5.41, 5.74) is 6.27. The van der Waals surface area contributed by atoms with Gasteiger partial charge in [0.25, 0.3) is 0 Å². The Balaban J connectivity index is 1.42. The van der Waals surface area contributed by atoms with Crippen molar-refractivity contribution in [3.05, 3.63) is 0 Å². The van der Waals surface area contributed by atoms with E-state index in [4.69, 9.17) is 5.73 Å². The van der Waals surface area contributed by atoms with Crippen molar-refractivity contribution in [3.8, 4) is 0 Å². The molecule has 1 amide bonds. The minimum atomic E-state index is 0.106. The highest BCUT2D eigenvalue weighted by atomic mass is 16.2. The van der Waals surface area contributed by atoms with E-state index < -0.39 is 0 Å². The van der Waals surface area contributed by atoms with Crippen LogP contribution in [-0.4, -0.2) is 42.5 Å². The second-order valence-electron chi connectivity index (χ2n) is 7.19. The molecule has 0 aromatic rings. The van der Waals surface area contributed by atoms with Gasteiger partial charge in [0.1, 0.15) is 0 Å². The zero-order chi connectivity index (χ0) is 13.0. The van der Waals surface area contributed by atoms with Gasteiger partial charge in [-0.25, -0.2) is 0 Å². The van der Waals surface area contributed by atoms with Crippen molar-refractivity contribution in [2.75, 3.05) is 19.6 Å². The van der Waals surface area contributed by atoms with Gasteiger partial charge in [-0.15, -0.1) is 0 Å². The number of carbonyl (C=O) groups excluding carboxylic acids is 1. The third kappa shape index (κ3) is 1.91. The molecule has 106 valence electrons. The molecule has 5 fully saturated rings. The topological polar surface area (TPSA) is 58.4 Å². The van der Waals surface area contributed by atoms with Crippen LogP contribution in [0.5, 0.6) is 0 Å². The normalized spacial score (nSPS) is 51.5. The van der Waals surface area contributed by atoms with Crippen molar-refractivity contribution < 1.29 is 4.79 Å². The highest BCUT2D eigenvalue weighted by Gasteiger charge is 2.49. The van der Waals surface area contributed by atoms with Crippen LogP contribution in [0.1, 0.15) is 32.1 Å². The van der Waals surface area contributed by atoms with Crippen molar-refractivity contribution in [1.29, 1.82) is 0 Å². The number of nitrogens with one attached hydrogen (secondary N) is 1. The molecule has 4 heteroatoms. The van der Waals surface area contributed by atoms with E-state index in [0.29, 0.717) is 23.8 Å². The summed E-state index contributed by atoms with van der Waals surface area (Å²) < 4.78 is 0. The Morgan fingerprint density at radius 3 is 2.37 bits per heavy atom. The molecule has 4 bridgehead atoms. The average molecular weight is 263 g/mol. The number of hydrogen-bond donors (Lipinski definition) is 2. The number of piperidine rings is 3. The highest BCUT2D eigenvalue weighted by Crippen LogP contribution is 2.47. The number of amides is 1. The Bertz CT molecular complexity index is 376. The van der Waals surface area contributed by atoms with Gasteiger partial charge >= 0.3 is 0 Å². The molecule has 0 spiro atoms. The zero-order valence-electron chi connectivity index (χ0n) is 11.6. The lowest BCUT2D eigenvalue weighted by Gasteiger charge is -2.45. The molecule has 5 unspecified atom stereocenters. The number of hydrogen-bond acceptors (Lipinski definition) is 3. The standard InChI is InChI=1S/C15H25N3O/c16-14-11-2-1-10(7-11)13(14)15(19)17-12-8-18-5-3-9(12)4-6-18/h9-14H,1-8,16H2,(H,17,19). The molecule has 2 saturated carbocycles. The Morgan fingerprint density at radius 2 is 1.79 bits per heavy atom. The molecule has 5 rings (SSSR count). The first-order valence-corrected chi connectivity index (χ1v) is 8.00. The van der Waals surface area contributed by atoms with Crippen LogP contribution in [0.3, 0.4) is 0 Å². The maximum Gasteiger partial charge on any atom is 0.225 e. The number of fused-ring (bicyclic) bond motifs is 5. The average Bonchev–Trinajstić information content (AvgIpc) is 3.00. The minimum absolute atomic E-state index is 0.106. The fourth-order valence-electron chi connectivity index (χ4n) is 5.13. The summed E-state index contributed by atoms with van der Waals surface area (Å²) in [5, 5.41) is 3.35. The SMILES string of the molecule is NC1C2CCC(C2)C1C(=O)NC1CN2CCC1CC2. The van der Waals surface area contributed by atoms with E-state index in [1.165, 1.54) is 45.2 Å². The molecule has 0 aromatic heterocycles. The second kappa shape index (κ2) is 4.45. The summed E-state index contributed by atoms with van der Waals surface area (Å²) >= 11 is 0. The quantitative estimate of drug-likeness (QED) is 0.766. The van der Waals surface area contributed by atoms with Gasteiger partial charge < -0.3 is 16.0 Å². The molecule has 3 aliphatic heterocycles. The highest BCUT2D eigenvalue weighted by molar-refractivity contribution is 5.80. The number of nitrogens with zero attached hydrogens (tertiary/aromatic N) is 1. The molecular weight excluding hydrogens is 238 g/mol. The van der Waals surface area contributed by atoms with E-state index in [0.717, 1.165) is 6.54 Å². The van der Waals surface area contributed by atoms with Crippen molar-refractivity contribution in [2.24, 2.45) is 29.4 Å². The van der Waals surface area contributed by atoms with E-state index in [9.17, 15) is 4.79 Å². The predicted octanol–water partition coefficient (Wildman–Crippen LogP) is 0.570. The minimum Gasteiger partial charge on any atom is -0.352 e. The van der Waals surface area contributed by atoms with Crippen LogP contribution in [0.2, 0.25) is 0 Å². The lowest BCUT2D eigenvalue weighted by atomic mass is 9.81. The number of rotatable bonds is 2. The molecule has 5 aliphatic rings. The number of nitrogens with two attached hydrogens (primary N) is 1. The summed E-state index contributed by atoms with van der Waals surface area (Å²) in [5.74, 6) is 2.27. The molecule has 3 heterocycles. The van der Waals surface area contributed by atoms with Crippen LogP contribution in [0.15, 0.2) is 0 Å². The first-order chi connectivity index (χ1) is 9.22. The molecule has 0 aromatic carbocycles. The third-order valence-electron chi connectivity index (χ3n) is 6.27. The molecule has 2 aliphatic carbocycles. The smallest absolute Gasteiger partial charge is 0.225 e. The number of carbonyl (C=O) groups is 1. The molecule has 0 radical (unpaired) electrons. The van der Waals surface area contributed by atoms with Gasteiger partial charge in [0.15, 0.2) is 0 Å². The predicted molar refractivity (Wildman–Crippen MR) is 73.4 cm³/mol. The molecule has 3 N–H and O–H groups in total. The van der Waals surface area contributed by atoms with Crippen LogP contribution >= 0.6 is 0 Å². The van der Waals surface area contributed by atoms with Crippen molar-refractivity contribution >= 4 is 5.91 Å². The summed E-state index contributed by atoms with van der Waals surface area (Å²) in [7, 11) is 0. The van der Waals surface area contributed by atoms with Gasteiger partial charge in [-0.2, -0.15) is 0 Å². The van der Waals surface area contributed by atoms with Crippen LogP contribution in [-0.2, 0) is 4.79 Å². The van der Waals surface area contributed by atoms with E-state index in [2.05, 4.69) is 10.2 Å². The summed E-state index contributed by atoms with van der Waals surface area (Å²) in [6, 6.07) is 0.515. The van der Waals surface area contributed by atoms with Gasteiger partial charge in [-0.1, -0.05) is 0 Å². The molecule has 4 nitrogen and oxygen atoms in total. The molecule has 3 saturated heterocycles. The fourth-order valence-corrected chi connectivity index (χ4v) is 5.13. The van der Waals surface area contributed by atoms with Crippen molar-refractivity contribution in [3.63, 3.8) is 0 Å². The van der Waals surface area contributed by atoms with Crippen molar-refractivity contribution in [2.45, 2.75) is 44.2 Å². The van der Waals surface area contributed by atoms with Gasteiger partial charge in [0.2, 0.25) is 5.91 Å². The van der Waals surface area contributed by atoms with Crippen molar-refractivity contribution in [1.82, 2.24) is 10.2 Å². The first-order valence-electron chi connectivity index (χ1n) is 8.00. The van der Waals surface area contributed by atoms with E-state index >= 15 is 0 Å². The van der Waals surface area contributed by atoms with Gasteiger partial charge in [0.05, 0.1) is 5.92 Å². The Morgan fingerprint density at radius 1 is 1.05 bits per heavy atom. The maximum absolute atomic E-state index is 12.6. The summed E-state index contributed by atoms with van der Waals surface area (Å²) in [6.45, 7) is 3.52. The monoisotopic (exact) mass is 263 g/mol. The third-order valence-corrected chi connectivity index (χ3v) is 6.27. The lowest BCUT2D eigenvalue weighted by molar-refractivity contribution is -0.129. The van der Waals surface area contributed by atoms with Crippen LogP contribution < -0.4 is 11.1 Å². The maximum atomic E-state index is 12.6. The molecule has 5 atom stereocenters. The molecular formula is C15H25N3O. The van der Waals surface area contributed by atoms with Crippen LogP contribution in [0.25, 0.3) is 0 Å². The zero-order valence-corrected chi connectivity index (χ0v) is 11.6. The van der Waals surface area contributed by atoms with E-state index in [1.807, 2.05) is 0 Å². The Kier molecular flexibility index (Phi) is 2.85. The van der Waals surface area contributed by atoms with Crippen LogP contribution in [0.4, 0.5) is 0 Å². The Labute approximate surface area is 115 Å². The Hall–Kier alpha value is -0.610. The summed E-state index contributed by atoms with van der Waals surface area (Å²) in [4.78, 5) is 15.1. The van der Waals surface area contributed by atoms with E-state index in [-0.39, 0.29) is 17.9 Å². The van der Waals surface area contributed by atoms with E-state index in [1.54, 1.807) is 0 Å². The second-order valence-corrected chi connectivity index (χ2v) is 7.19. The van der Waals surface area contributed by atoms with Crippen LogP contribution in [0, 0.1) is 23.7 Å². The van der Waals surface area contributed by atoms with Gasteiger partial charge in [-0.05, 0) is 62.9 Å². The molecule has 19 heavy (non-hydrogen) atoms. The largest absolute Gasteiger partial charge is 0.352 e. The van der Waals surface area contributed by atoms with Gasteiger partial charge in [-0.3, -0.25) is 4.79 Å². The first kappa shape index (κ1) is 12.2. The lowest BCUT2D eigenvalue weighted by Crippen LogP contribution is -2.59.